The van der Waals surface area contributed by atoms with E-state index in [4.69, 9.17) is 0 Å². The minimum Gasteiger partial charge on any atom is -0.364 e. The number of thiophene rings is 1. The number of hydrogen-bond donors (Lipinski definition) is 1. The van der Waals surface area contributed by atoms with Crippen LogP contribution in [0.4, 0.5) is 5.82 Å². The monoisotopic (exact) mass is 244 g/mol. The Morgan fingerprint density at radius 1 is 1.29 bits per heavy atom. The van der Waals surface area contributed by atoms with Gasteiger partial charge in [0.25, 0.3) is 0 Å². The summed E-state index contributed by atoms with van der Waals surface area (Å²) in [7, 11) is 1.94. The zero-order valence-electron chi connectivity index (χ0n) is 9.42. The molecule has 0 bridgehead atoms. The molecular weight excluding hydrogens is 232 g/mol. The van der Waals surface area contributed by atoms with E-state index in [0.29, 0.717) is 0 Å². The van der Waals surface area contributed by atoms with Gasteiger partial charge in [0.2, 0.25) is 0 Å². The quantitative estimate of drug-likeness (QED) is 0.770. The molecule has 1 N–H and O–H groups in total. The number of nitrogens with zero attached hydrogens (tertiary/aromatic N) is 3. The first kappa shape index (κ1) is 10.3. The van der Waals surface area contributed by atoms with Gasteiger partial charge in [-0.1, -0.05) is 0 Å². The lowest BCUT2D eigenvalue weighted by molar-refractivity contribution is 0.720. The van der Waals surface area contributed by atoms with Gasteiger partial charge in [-0.25, -0.2) is 4.98 Å². The number of rotatable bonds is 3. The van der Waals surface area contributed by atoms with E-state index in [1.807, 2.05) is 30.1 Å². The Morgan fingerprint density at radius 2 is 2.24 bits per heavy atom. The Balaban J connectivity index is 1.86. The molecule has 0 unspecified atom stereocenters. The maximum atomic E-state index is 4.37. The zero-order chi connectivity index (χ0) is 11.7. The second-order valence-corrected chi connectivity index (χ2v) is 4.74. The van der Waals surface area contributed by atoms with Gasteiger partial charge in [-0.3, -0.25) is 4.68 Å². The van der Waals surface area contributed by atoms with Crippen molar-refractivity contribution in [3.05, 3.63) is 41.7 Å². The first-order valence-corrected chi connectivity index (χ1v) is 6.25. The molecule has 3 heterocycles. The van der Waals surface area contributed by atoms with Crippen LogP contribution in [0.2, 0.25) is 0 Å². The highest BCUT2D eigenvalue weighted by Crippen LogP contribution is 2.25. The van der Waals surface area contributed by atoms with E-state index in [1.165, 1.54) is 10.1 Å². The summed E-state index contributed by atoms with van der Waals surface area (Å²) in [6.07, 6.45) is 3.64. The van der Waals surface area contributed by atoms with Gasteiger partial charge in [0.15, 0.2) is 0 Å². The van der Waals surface area contributed by atoms with Crippen molar-refractivity contribution in [1.29, 1.82) is 0 Å². The Morgan fingerprint density at radius 3 is 3.06 bits per heavy atom. The SMILES string of the molecule is Cn1nccc1CNc1nccc2sccc12. The van der Waals surface area contributed by atoms with E-state index in [-0.39, 0.29) is 0 Å². The highest BCUT2D eigenvalue weighted by atomic mass is 32.1. The van der Waals surface area contributed by atoms with Crippen molar-refractivity contribution in [2.75, 3.05) is 5.32 Å². The van der Waals surface area contributed by atoms with E-state index in [1.54, 1.807) is 17.5 Å². The van der Waals surface area contributed by atoms with Crippen LogP contribution in [0.1, 0.15) is 5.69 Å². The van der Waals surface area contributed by atoms with Gasteiger partial charge >= 0.3 is 0 Å². The van der Waals surface area contributed by atoms with E-state index >= 15 is 0 Å². The first-order valence-electron chi connectivity index (χ1n) is 5.37. The Hall–Kier alpha value is -1.88. The summed E-state index contributed by atoms with van der Waals surface area (Å²) in [4.78, 5) is 4.37. The van der Waals surface area contributed by atoms with Crippen molar-refractivity contribution in [2.24, 2.45) is 7.05 Å². The minimum absolute atomic E-state index is 0.735. The third-order valence-electron chi connectivity index (χ3n) is 2.74. The largest absolute Gasteiger partial charge is 0.364 e. The fraction of sp³-hybridized carbons (Fsp3) is 0.167. The molecule has 0 saturated carbocycles. The molecule has 0 aliphatic rings. The molecule has 0 radical (unpaired) electrons. The van der Waals surface area contributed by atoms with Crippen molar-refractivity contribution in [3.8, 4) is 0 Å². The molecule has 5 heteroatoms. The van der Waals surface area contributed by atoms with Crippen molar-refractivity contribution < 1.29 is 0 Å². The van der Waals surface area contributed by atoms with Crippen molar-refractivity contribution >= 4 is 27.2 Å². The summed E-state index contributed by atoms with van der Waals surface area (Å²) in [5.41, 5.74) is 1.14. The molecule has 0 amide bonds. The van der Waals surface area contributed by atoms with Crippen LogP contribution in [0.25, 0.3) is 10.1 Å². The summed E-state index contributed by atoms with van der Waals surface area (Å²) < 4.78 is 3.12. The van der Waals surface area contributed by atoms with Crippen LogP contribution in [0.15, 0.2) is 36.0 Å². The van der Waals surface area contributed by atoms with E-state index in [0.717, 1.165) is 18.1 Å². The smallest absolute Gasteiger partial charge is 0.134 e. The summed E-state index contributed by atoms with van der Waals surface area (Å²) in [6, 6.07) is 6.13. The fourth-order valence-electron chi connectivity index (χ4n) is 1.78. The number of aryl methyl sites for hydroxylation is 1. The standard InChI is InChI=1S/C12H12N4S/c1-16-9(2-6-15-16)8-14-12-10-4-7-17-11(10)3-5-13-12/h2-7H,8H2,1H3,(H,13,14). The Kier molecular flexibility index (Phi) is 2.53. The lowest BCUT2D eigenvalue weighted by Gasteiger charge is -2.06. The number of hydrogen-bond acceptors (Lipinski definition) is 4. The van der Waals surface area contributed by atoms with Gasteiger partial charge in [0.05, 0.1) is 12.2 Å². The van der Waals surface area contributed by atoms with Crippen molar-refractivity contribution in [1.82, 2.24) is 14.8 Å². The van der Waals surface area contributed by atoms with Gasteiger partial charge in [0.1, 0.15) is 5.82 Å². The predicted octanol–water partition coefficient (Wildman–Crippen LogP) is 2.64. The van der Waals surface area contributed by atoms with Crippen LogP contribution in [0.3, 0.4) is 0 Å². The van der Waals surface area contributed by atoms with Crippen LogP contribution < -0.4 is 5.32 Å². The van der Waals surface area contributed by atoms with Crippen LogP contribution >= 0.6 is 11.3 Å². The molecule has 0 atom stereocenters. The molecule has 0 spiro atoms. The molecule has 0 aromatic carbocycles. The Labute approximate surface area is 103 Å². The second kappa shape index (κ2) is 4.18. The number of aromatic nitrogens is 3. The van der Waals surface area contributed by atoms with E-state index < -0.39 is 0 Å². The van der Waals surface area contributed by atoms with E-state index in [9.17, 15) is 0 Å². The van der Waals surface area contributed by atoms with Crippen LogP contribution in [-0.4, -0.2) is 14.8 Å². The van der Waals surface area contributed by atoms with Crippen LogP contribution in [0, 0.1) is 0 Å². The van der Waals surface area contributed by atoms with Crippen molar-refractivity contribution in [3.63, 3.8) is 0 Å². The van der Waals surface area contributed by atoms with Gasteiger partial charge < -0.3 is 5.32 Å². The average Bonchev–Trinajstić information content (AvgIpc) is 2.95. The molecule has 0 fully saturated rings. The second-order valence-electron chi connectivity index (χ2n) is 3.79. The molecule has 0 aliphatic carbocycles. The summed E-state index contributed by atoms with van der Waals surface area (Å²) in [5.74, 6) is 0.935. The van der Waals surface area contributed by atoms with Gasteiger partial charge in [-0.05, 0) is 23.6 Å². The molecule has 3 aromatic rings. The normalized spacial score (nSPS) is 10.9. The third kappa shape index (κ3) is 1.89. The fourth-order valence-corrected chi connectivity index (χ4v) is 2.57. The molecular formula is C12H12N4S. The Bertz CT molecular complexity index is 641. The third-order valence-corrected chi connectivity index (χ3v) is 3.62. The maximum Gasteiger partial charge on any atom is 0.134 e. The number of anilines is 1. The minimum atomic E-state index is 0.735. The number of fused-ring (bicyclic) bond motifs is 1. The van der Waals surface area contributed by atoms with Gasteiger partial charge in [-0.15, -0.1) is 11.3 Å². The molecule has 0 saturated heterocycles. The maximum absolute atomic E-state index is 4.37. The number of nitrogens with one attached hydrogen (secondary N) is 1. The molecule has 4 nitrogen and oxygen atoms in total. The lowest BCUT2D eigenvalue weighted by atomic mass is 10.3. The average molecular weight is 244 g/mol. The highest BCUT2D eigenvalue weighted by molar-refractivity contribution is 7.17. The highest BCUT2D eigenvalue weighted by Gasteiger charge is 2.04. The topological polar surface area (TPSA) is 42.7 Å². The molecule has 3 aromatic heterocycles. The molecule has 3 rings (SSSR count). The summed E-state index contributed by atoms with van der Waals surface area (Å²) in [6.45, 7) is 0.735. The lowest BCUT2D eigenvalue weighted by Crippen LogP contribution is -2.06. The van der Waals surface area contributed by atoms with Gasteiger partial charge in [-0.2, -0.15) is 5.10 Å². The van der Waals surface area contributed by atoms with Crippen LogP contribution in [0.5, 0.6) is 0 Å². The van der Waals surface area contributed by atoms with E-state index in [2.05, 4.69) is 26.8 Å². The van der Waals surface area contributed by atoms with Crippen molar-refractivity contribution in [2.45, 2.75) is 6.54 Å². The molecule has 86 valence electrons. The molecule has 0 aliphatic heterocycles. The summed E-state index contributed by atoms with van der Waals surface area (Å²) >= 11 is 1.73. The molecule has 17 heavy (non-hydrogen) atoms. The van der Waals surface area contributed by atoms with Crippen LogP contribution in [-0.2, 0) is 13.6 Å². The first-order chi connectivity index (χ1) is 8.34. The zero-order valence-corrected chi connectivity index (χ0v) is 10.2. The van der Waals surface area contributed by atoms with Gasteiger partial charge in [0, 0.05) is 29.5 Å². The predicted molar refractivity (Wildman–Crippen MR) is 70.2 cm³/mol. The number of pyridine rings is 1. The summed E-state index contributed by atoms with van der Waals surface area (Å²) in [5, 5.41) is 10.8.